The van der Waals surface area contributed by atoms with E-state index in [9.17, 15) is 9.90 Å². The lowest BCUT2D eigenvalue weighted by Gasteiger charge is -1.99. The Morgan fingerprint density at radius 3 is 1.50 bits per heavy atom. The molecule has 0 saturated carbocycles. The quantitative estimate of drug-likeness (QED) is 0.133. The predicted octanol–water partition coefficient (Wildman–Crippen LogP) is 10.8. The lowest BCUT2D eigenvalue weighted by molar-refractivity contribution is -0.136. The number of aliphatic carboxylic acids is 1. The number of thiophene rings is 5. The maximum absolute atomic E-state index is 11.9. The number of nitrogens with two attached hydrogens (primary N) is 2. The van der Waals surface area contributed by atoms with Crippen LogP contribution in [0.1, 0.15) is 22.3 Å². The largest absolute Gasteiger partial charge is 0.481 e. The summed E-state index contributed by atoms with van der Waals surface area (Å²) in [6, 6.07) is 34.2. The van der Waals surface area contributed by atoms with E-state index >= 15 is 0 Å². The molecule has 5 N–H and O–H groups in total. The molecule has 0 saturated heterocycles. The molecular formula is C37H30N2O2S5. The van der Waals surface area contributed by atoms with Crippen molar-refractivity contribution in [2.24, 2.45) is 11.5 Å². The number of carbonyl (C=O) groups is 1. The summed E-state index contributed by atoms with van der Waals surface area (Å²) < 4.78 is 0. The molecule has 0 unspecified atom stereocenters. The van der Waals surface area contributed by atoms with Gasteiger partial charge in [-0.2, -0.15) is 0 Å². The normalized spacial score (nSPS) is 11.4. The summed E-state index contributed by atoms with van der Waals surface area (Å²) in [5, 5.41) is 9.74. The number of hydrogen-bond acceptors (Lipinski definition) is 8. The Bertz CT molecular complexity index is 2140. The van der Waals surface area contributed by atoms with E-state index in [0.29, 0.717) is 13.1 Å². The van der Waals surface area contributed by atoms with Crippen LogP contribution in [0.3, 0.4) is 0 Å². The van der Waals surface area contributed by atoms with Crippen LogP contribution in [0.2, 0.25) is 0 Å². The van der Waals surface area contributed by atoms with Gasteiger partial charge in [-0.25, -0.2) is 0 Å². The summed E-state index contributed by atoms with van der Waals surface area (Å²) >= 11 is 8.77. The first-order valence-corrected chi connectivity index (χ1v) is 18.8. The smallest absolute Gasteiger partial charge is 0.307 e. The molecule has 0 aliphatic heterocycles. The molecule has 5 heterocycles. The van der Waals surface area contributed by atoms with Crippen LogP contribution in [0.5, 0.6) is 0 Å². The van der Waals surface area contributed by atoms with Crippen LogP contribution in [-0.4, -0.2) is 11.1 Å². The van der Waals surface area contributed by atoms with Crippen molar-refractivity contribution in [2.75, 3.05) is 0 Å². The second kappa shape index (κ2) is 13.2. The van der Waals surface area contributed by atoms with Crippen molar-refractivity contribution in [1.29, 1.82) is 0 Å². The second-order valence-electron chi connectivity index (χ2n) is 11.0. The van der Waals surface area contributed by atoms with Gasteiger partial charge in [-0.05, 0) is 88.8 Å². The maximum Gasteiger partial charge on any atom is 0.307 e. The molecule has 5 aromatic heterocycles. The van der Waals surface area contributed by atoms with Gasteiger partial charge in [0.1, 0.15) is 0 Å². The Morgan fingerprint density at radius 1 is 0.543 bits per heavy atom. The van der Waals surface area contributed by atoms with Gasteiger partial charge in [0.2, 0.25) is 0 Å². The third-order valence-electron chi connectivity index (χ3n) is 7.77. The highest BCUT2D eigenvalue weighted by Gasteiger charge is 2.20. The molecular weight excluding hydrogens is 665 g/mol. The Balaban J connectivity index is 1.16. The standard InChI is InChI=1S/C37H30N2O2S5/c1-21-16-33(29-12-10-27(42-29)24-6-2-22(19-38)3-7-24)45-36(21)31-14-15-32(44-31)37-26(18-35(40)41)17-34(46-37)30-13-11-28(43-30)25-8-4-23(20-39)5-9-25/h2-17H,18-20,38-39H2,1H3,(H,40,41). The number of carboxylic acid groups (broad SMARTS) is 1. The van der Waals surface area contributed by atoms with Crippen molar-refractivity contribution in [3.63, 3.8) is 0 Å². The van der Waals surface area contributed by atoms with Gasteiger partial charge in [-0.15, -0.1) is 56.7 Å². The van der Waals surface area contributed by atoms with Crippen molar-refractivity contribution in [3.05, 3.63) is 119 Å². The molecule has 0 fully saturated rings. The Kier molecular flexibility index (Phi) is 8.89. The molecule has 0 aliphatic rings. The molecule has 0 amide bonds. The van der Waals surface area contributed by atoms with Crippen LogP contribution in [0.25, 0.3) is 59.9 Å². The van der Waals surface area contributed by atoms with Gasteiger partial charge >= 0.3 is 5.97 Å². The van der Waals surface area contributed by atoms with Gasteiger partial charge in [0, 0.05) is 61.9 Å². The fourth-order valence-electron chi connectivity index (χ4n) is 5.34. The minimum atomic E-state index is -0.821. The second-order valence-corrected chi connectivity index (χ2v) is 16.3. The molecule has 7 rings (SSSR count). The highest BCUT2D eigenvalue weighted by atomic mass is 32.1. The fourth-order valence-corrected chi connectivity index (χ4v) is 11.2. The maximum atomic E-state index is 11.9. The molecule has 2 aromatic carbocycles. The van der Waals surface area contributed by atoms with Crippen molar-refractivity contribution in [2.45, 2.75) is 26.4 Å². The molecule has 230 valence electrons. The van der Waals surface area contributed by atoms with E-state index in [1.165, 1.54) is 40.4 Å². The zero-order valence-electron chi connectivity index (χ0n) is 24.9. The van der Waals surface area contributed by atoms with Crippen molar-refractivity contribution < 1.29 is 9.90 Å². The zero-order valence-corrected chi connectivity index (χ0v) is 29.0. The number of hydrogen-bond donors (Lipinski definition) is 3. The minimum Gasteiger partial charge on any atom is -0.481 e. The highest BCUT2D eigenvalue weighted by molar-refractivity contribution is 7.30. The van der Waals surface area contributed by atoms with Gasteiger partial charge in [-0.3, -0.25) is 4.79 Å². The third kappa shape index (κ3) is 6.32. The van der Waals surface area contributed by atoms with Crippen LogP contribution >= 0.6 is 56.7 Å². The average molecular weight is 695 g/mol. The molecule has 0 atom stereocenters. The number of benzene rings is 2. The van der Waals surface area contributed by atoms with Crippen LogP contribution in [0.4, 0.5) is 0 Å². The summed E-state index contributed by atoms with van der Waals surface area (Å²) in [6.07, 6.45) is -0.00428. The van der Waals surface area contributed by atoms with Gasteiger partial charge in [-0.1, -0.05) is 48.5 Å². The summed E-state index contributed by atoms with van der Waals surface area (Å²) in [7, 11) is 0. The zero-order chi connectivity index (χ0) is 31.8. The van der Waals surface area contributed by atoms with Gasteiger partial charge < -0.3 is 16.6 Å². The molecule has 0 spiro atoms. The summed E-state index contributed by atoms with van der Waals surface area (Å²) in [4.78, 5) is 23.6. The highest BCUT2D eigenvalue weighted by Crippen LogP contribution is 2.48. The summed E-state index contributed by atoms with van der Waals surface area (Å²) in [6.45, 7) is 3.25. The molecule has 4 nitrogen and oxygen atoms in total. The first kappa shape index (κ1) is 31.0. The molecule has 0 aliphatic carbocycles. The van der Waals surface area contributed by atoms with Gasteiger partial charge in [0.25, 0.3) is 0 Å². The van der Waals surface area contributed by atoms with Gasteiger partial charge in [0.05, 0.1) is 6.42 Å². The van der Waals surface area contributed by atoms with Crippen LogP contribution < -0.4 is 11.5 Å². The third-order valence-corrected chi connectivity index (χ3v) is 14.3. The summed E-state index contributed by atoms with van der Waals surface area (Å²) in [5.41, 5.74) is 18.3. The molecule has 46 heavy (non-hydrogen) atoms. The van der Waals surface area contributed by atoms with Crippen LogP contribution in [0, 0.1) is 6.92 Å². The minimum absolute atomic E-state index is 0.00428. The van der Waals surface area contributed by atoms with E-state index in [1.54, 1.807) is 45.3 Å². The summed E-state index contributed by atoms with van der Waals surface area (Å²) in [5.74, 6) is -0.821. The van der Waals surface area contributed by atoms with Crippen molar-refractivity contribution >= 4 is 62.7 Å². The molecule has 7 aromatic rings. The molecule has 0 bridgehead atoms. The SMILES string of the molecule is Cc1cc(-c2ccc(-c3ccc(CN)cc3)s2)sc1-c1ccc(-c2sc(-c3ccc(-c4ccc(CN)cc4)s3)cc2CC(=O)O)s1. The predicted molar refractivity (Wildman–Crippen MR) is 200 cm³/mol. The number of aryl methyl sites for hydroxylation is 1. The lowest BCUT2D eigenvalue weighted by atomic mass is 10.1. The molecule has 0 radical (unpaired) electrons. The monoisotopic (exact) mass is 694 g/mol. The lowest BCUT2D eigenvalue weighted by Crippen LogP contribution is -1.99. The van der Waals surface area contributed by atoms with E-state index in [2.05, 4.69) is 104 Å². The Morgan fingerprint density at radius 2 is 0.978 bits per heavy atom. The van der Waals surface area contributed by atoms with Gasteiger partial charge in [0.15, 0.2) is 0 Å². The first-order chi connectivity index (χ1) is 22.4. The Hall–Kier alpha value is -3.67. The topological polar surface area (TPSA) is 89.3 Å². The van der Waals surface area contributed by atoms with E-state index in [4.69, 9.17) is 11.5 Å². The number of carboxylic acids is 1. The first-order valence-electron chi connectivity index (χ1n) is 14.7. The van der Waals surface area contributed by atoms with Crippen molar-refractivity contribution in [3.8, 4) is 59.9 Å². The van der Waals surface area contributed by atoms with E-state index < -0.39 is 5.97 Å². The fraction of sp³-hybridized carbons (Fsp3) is 0.108. The van der Waals surface area contributed by atoms with E-state index in [-0.39, 0.29) is 6.42 Å². The van der Waals surface area contributed by atoms with E-state index in [0.717, 1.165) is 41.8 Å². The number of rotatable bonds is 10. The van der Waals surface area contributed by atoms with Crippen LogP contribution in [-0.2, 0) is 24.3 Å². The Labute approximate surface area is 287 Å². The van der Waals surface area contributed by atoms with E-state index in [1.807, 2.05) is 11.3 Å². The van der Waals surface area contributed by atoms with Crippen LogP contribution in [0.15, 0.2) is 97.1 Å². The van der Waals surface area contributed by atoms with Crippen molar-refractivity contribution in [1.82, 2.24) is 0 Å². The average Bonchev–Trinajstić information content (AvgIpc) is 3.91. The molecule has 9 heteroatoms.